The second-order valence-electron chi connectivity index (χ2n) is 9.47. The van der Waals surface area contributed by atoms with Crippen LogP contribution in [0.4, 0.5) is 0 Å². The molecule has 0 bridgehead atoms. The fourth-order valence-corrected chi connectivity index (χ4v) is 4.46. The molecule has 0 unspecified atom stereocenters. The van der Waals surface area contributed by atoms with Gasteiger partial charge in [0.25, 0.3) is 0 Å². The van der Waals surface area contributed by atoms with Crippen molar-refractivity contribution in [2.75, 3.05) is 0 Å². The first kappa shape index (κ1) is 21.8. The number of hydrogen-bond donors (Lipinski definition) is 0. The molecule has 4 nitrogen and oxygen atoms in total. The number of hydrogen-bond acceptors (Lipinski definition) is 4. The highest BCUT2D eigenvalue weighted by atomic mass is 16.8. The van der Waals surface area contributed by atoms with E-state index in [0.717, 1.165) is 23.8 Å². The first-order valence-electron chi connectivity index (χ1n) is 10.5. The van der Waals surface area contributed by atoms with Gasteiger partial charge in [-0.3, -0.25) is 4.79 Å². The SMILES string of the molecule is CC(=O)Oc1cc2c(CC[C@H]3OC(C)(C)OC3(C)C)c(C)ccc2cc1C(C)C. The quantitative estimate of drug-likeness (QED) is 0.454. The van der Waals surface area contributed by atoms with Gasteiger partial charge in [-0.1, -0.05) is 26.0 Å². The highest BCUT2D eigenvalue weighted by Gasteiger charge is 2.46. The number of fused-ring (bicyclic) bond motifs is 1. The van der Waals surface area contributed by atoms with Crippen molar-refractivity contribution in [2.45, 2.75) is 91.6 Å². The van der Waals surface area contributed by atoms with Gasteiger partial charge >= 0.3 is 5.97 Å². The first-order valence-corrected chi connectivity index (χ1v) is 10.5. The lowest BCUT2D eigenvalue weighted by Crippen LogP contribution is -2.33. The maximum atomic E-state index is 11.7. The molecule has 0 radical (unpaired) electrons. The molecular formula is C25H34O4. The van der Waals surface area contributed by atoms with Crippen LogP contribution in [0.25, 0.3) is 10.8 Å². The summed E-state index contributed by atoms with van der Waals surface area (Å²) in [6, 6.07) is 8.52. The summed E-state index contributed by atoms with van der Waals surface area (Å²) in [6.07, 6.45) is 1.76. The van der Waals surface area contributed by atoms with Crippen LogP contribution in [0.5, 0.6) is 5.75 Å². The number of benzene rings is 2. The molecule has 1 aliphatic heterocycles. The third-order valence-electron chi connectivity index (χ3n) is 5.74. The predicted molar refractivity (Wildman–Crippen MR) is 117 cm³/mol. The molecule has 158 valence electrons. The summed E-state index contributed by atoms with van der Waals surface area (Å²) in [6.45, 7) is 15.9. The van der Waals surface area contributed by atoms with Gasteiger partial charge in [0.05, 0.1) is 11.7 Å². The van der Waals surface area contributed by atoms with Crippen molar-refractivity contribution in [3.8, 4) is 5.75 Å². The minimum atomic E-state index is -0.559. The summed E-state index contributed by atoms with van der Waals surface area (Å²) in [5.74, 6) is 0.0802. The summed E-state index contributed by atoms with van der Waals surface area (Å²) >= 11 is 0. The Morgan fingerprint density at radius 1 is 1.17 bits per heavy atom. The Kier molecular flexibility index (Phi) is 5.81. The minimum Gasteiger partial charge on any atom is -0.426 e. The van der Waals surface area contributed by atoms with E-state index >= 15 is 0 Å². The number of carbonyl (C=O) groups excluding carboxylic acids is 1. The lowest BCUT2D eigenvalue weighted by Gasteiger charge is -2.24. The smallest absolute Gasteiger partial charge is 0.308 e. The zero-order chi connectivity index (χ0) is 21.6. The lowest BCUT2D eigenvalue weighted by molar-refractivity contribution is -0.157. The summed E-state index contributed by atoms with van der Waals surface area (Å²) in [7, 11) is 0. The van der Waals surface area contributed by atoms with Crippen LogP contribution in [0, 0.1) is 6.92 Å². The second kappa shape index (κ2) is 7.73. The standard InChI is InChI=1S/C25H34O4/c1-15(2)20-13-18-10-9-16(3)19(21(18)14-22(20)27-17(4)26)11-12-23-24(5,6)29-25(7,8)28-23/h9-10,13-15,23H,11-12H2,1-8H3/t23-/m1/s1. The molecule has 0 aliphatic carbocycles. The fraction of sp³-hybridized carbons (Fsp3) is 0.560. The van der Waals surface area contributed by atoms with E-state index in [1.165, 1.54) is 23.4 Å². The number of ether oxygens (including phenoxy) is 3. The van der Waals surface area contributed by atoms with E-state index in [4.69, 9.17) is 14.2 Å². The van der Waals surface area contributed by atoms with Crippen molar-refractivity contribution >= 4 is 16.7 Å². The molecule has 1 saturated heterocycles. The fourth-order valence-electron chi connectivity index (χ4n) is 4.46. The largest absolute Gasteiger partial charge is 0.426 e. The van der Waals surface area contributed by atoms with Crippen LogP contribution in [-0.4, -0.2) is 23.5 Å². The van der Waals surface area contributed by atoms with Crippen molar-refractivity contribution in [3.05, 3.63) is 41.0 Å². The van der Waals surface area contributed by atoms with Crippen LogP contribution in [0.1, 0.15) is 77.5 Å². The monoisotopic (exact) mass is 398 g/mol. The Balaban J connectivity index is 1.99. The highest BCUT2D eigenvalue weighted by Crippen LogP contribution is 2.39. The van der Waals surface area contributed by atoms with E-state index in [1.807, 2.05) is 19.9 Å². The van der Waals surface area contributed by atoms with Gasteiger partial charge in [-0.25, -0.2) is 0 Å². The maximum Gasteiger partial charge on any atom is 0.308 e. The van der Waals surface area contributed by atoms with E-state index in [2.05, 4.69) is 52.8 Å². The number of rotatable bonds is 5. The molecule has 0 aromatic heterocycles. The minimum absolute atomic E-state index is 0.0232. The zero-order valence-electron chi connectivity index (χ0n) is 19.0. The van der Waals surface area contributed by atoms with E-state index in [9.17, 15) is 4.79 Å². The Labute approximate surface area is 174 Å². The molecule has 3 rings (SSSR count). The van der Waals surface area contributed by atoms with Crippen molar-refractivity contribution in [1.29, 1.82) is 0 Å². The number of aryl methyl sites for hydroxylation is 2. The molecule has 4 heteroatoms. The van der Waals surface area contributed by atoms with Gasteiger partial charge in [0.15, 0.2) is 5.79 Å². The topological polar surface area (TPSA) is 44.8 Å². The van der Waals surface area contributed by atoms with E-state index in [1.54, 1.807) is 0 Å². The van der Waals surface area contributed by atoms with Gasteiger partial charge in [-0.15, -0.1) is 0 Å². The summed E-state index contributed by atoms with van der Waals surface area (Å²) < 4.78 is 17.8. The Bertz CT molecular complexity index is 924. The van der Waals surface area contributed by atoms with E-state index in [-0.39, 0.29) is 23.6 Å². The Morgan fingerprint density at radius 3 is 2.41 bits per heavy atom. The number of esters is 1. The Hall–Kier alpha value is -1.91. The molecule has 2 aromatic rings. The molecular weight excluding hydrogens is 364 g/mol. The Morgan fingerprint density at radius 2 is 1.86 bits per heavy atom. The molecule has 1 heterocycles. The molecule has 0 saturated carbocycles. The van der Waals surface area contributed by atoms with Gasteiger partial charge in [0.2, 0.25) is 0 Å². The van der Waals surface area contributed by atoms with Gasteiger partial charge in [-0.2, -0.15) is 0 Å². The van der Waals surface area contributed by atoms with Gasteiger partial charge in [0, 0.05) is 6.92 Å². The second-order valence-corrected chi connectivity index (χ2v) is 9.47. The van der Waals surface area contributed by atoms with Crippen LogP contribution in [0.2, 0.25) is 0 Å². The van der Waals surface area contributed by atoms with Gasteiger partial charge in [0.1, 0.15) is 5.75 Å². The summed E-state index contributed by atoms with van der Waals surface area (Å²) in [4.78, 5) is 11.7. The average Bonchev–Trinajstić information content (AvgIpc) is 2.79. The molecule has 2 aromatic carbocycles. The van der Waals surface area contributed by atoms with Crippen LogP contribution in [-0.2, 0) is 20.7 Å². The molecule has 0 spiro atoms. The summed E-state index contributed by atoms with van der Waals surface area (Å²) in [5.41, 5.74) is 3.24. The van der Waals surface area contributed by atoms with E-state index in [0.29, 0.717) is 5.75 Å². The average molecular weight is 399 g/mol. The van der Waals surface area contributed by atoms with Crippen molar-refractivity contribution < 1.29 is 19.0 Å². The lowest BCUT2D eigenvalue weighted by atomic mass is 9.89. The number of carbonyl (C=O) groups is 1. The third kappa shape index (κ3) is 4.65. The summed E-state index contributed by atoms with van der Waals surface area (Å²) in [5, 5.41) is 2.31. The van der Waals surface area contributed by atoms with Crippen LogP contribution >= 0.6 is 0 Å². The highest BCUT2D eigenvalue weighted by molar-refractivity contribution is 5.90. The van der Waals surface area contributed by atoms with Gasteiger partial charge < -0.3 is 14.2 Å². The molecule has 1 atom stereocenters. The first-order chi connectivity index (χ1) is 13.4. The molecule has 1 aliphatic rings. The van der Waals surface area contributed by atoms with Crippen LogP contribution < -0.4 is 4.74 Å². The molecule has 0 amide bonds. The molecule has 29 heavy (non-hydrogen) atoms. The molecule has 0 N–H and O–H groups in total. The molecule has 1 fully saturated rings. The van der Waals surface area contributed by atoms with Gasteiger partial charge in [-0.05, 0) is 93.0 Å². The zero-order valence-corrected chi connectivity index (χ0v) is 19.0. The van der Waals surface area contributed by atoms with E-state index < -0.39 is 5.79 Å². The maximum absolute atomic E-state index is 11.7. The van der Waals surface area contributed by atoms with Crippen LogP contribution in [0.15, 0.2) is 24.3 Å². The normalized spacial score (nSPS) is 20.4. The van der Waals surface area contributed by atoms with Crippen molar-refractivity contribution in [2.24, 2.45) is 0 Å². The third-order valence-corrected chi connectivity index (χ3v) is 5.74. The van der Waals surface area contributed by atoms with Crippen LogP contribution in [0.3, 0.4) is 0 Å². The predicted octanol–water partition coefficient (Wildman–Crippen LogP) is 6.06. The van der Waals surface area contributed by atoms with Crippen molar-refractivity contribution in [1.82, 2.24) is 0 Å². The van der Waals surface area contributed by atoms with Crippen molar-refractivity contribution in [3.63, 3.8) is 0 Å².